The third-order valence-electron chi connectivity index (χ3n) is 4.45. The molecule has 122 valence electrons. The molecule has 0 bridgehead atoms. The molecule has 1 aliphatic heterocycles. The van der Waals surface area contributed by atoms with Crippen molar-refractivity contribution in [2.24, 2.45) is 0 Å². The van der Waals surface area contributed by atoms with E-state index < -0.39 is 0 Å². The summed E-state index contributed by atoms with van der Waals surface area (Å²) in [5, 5.41) is 10.5. The summed E-state index contributed by atoms with van der Waals surface area (Å²) >= 11 is 1.71. The predicted molar refractivity (Wildman–Crippen MR) is 94.0 cm³/mol. The van der Waals surface area contributed by atoms with Crippen LogP contribution in [0.4, 0.5) is 0 Å². The fourth-order valence-electron chi connectivity index (χ4n) is 3.12. The van der Waals surface area contributed by atoms with Crippen molar-refractivity contribution >= 4 is 17.2 Å². The smallest absolute Gasteiger partial charge is 0.253 e. The van der Waals surface area contributed by atoms with Gasteiger partial charge in [-0.1, -0.05) is 18.2 Å². The zero-order valence-corrected chi connectivity index (χ0v) is 14.0. The maximum absolute atomic E-state index is 12.7. The van der Waals surface area contributed by atoms with Crippen LogP contribution >= 0.6 is 11.3 Å². The molecule has 3 aromatic rings. The minimum absolute atomic E-state index is 0.111. The van der Waals surface area contributed by atoms with E-state index in [4.69, 9.17) is 0 Å². The van der Waals surface area contributed by atoms with Gasteiger partial charge in [0, 0.05) is 23.5 Å². The van der Waals surface area contributed by atoms with Crippen LogP contribution in [0.25, 0.3) is 10.4 Å². The number of piperidine rings is 1. The van der Waals surface area contributed by atoms with Gasteiger partial charge in [0.15, 0.2) is 0 Å². The first-order valence-corrected chi connectivity index (χ1v) is 8.98. The minimum atomic E-state index is 0.111. The van der Waals surface area contributed by atoms with E-state index in [2.05, 4.69) is 21.6 Å². The van der Waals surface area contributed by atoms with Gasteiger partial charge in [-0.15, -0.1) is 11.3 Å². The number of benzene rings is 1. The van der Waals surface area contributed by atoms with Crippen LogP contribution in [0, 0.1) is 0 Å². The molecule has 0 atom stereocenters. The standard InChI is InChI=1S/C18H18N4OS/c23-18(15-5-3-14(4-6-15)17-2-1-13-24-17)21-11-7-16(8-12-21)22-19-9-10-20-22/h1-6,9-10,13,16H,7-8,11-12H2. The van der Waals surface area contributed by atoms with Gasteiger partial charge in [-0.2, -0.15) is 15.0 Å². The van der Waals surface area contributed by atoms with Gasteiger partial charge in [-0.25, -0.2) is 0 Å². The van der Waals surface area contributed by atoms with Crippen LogP contribution in [0.15, 0.2) is 54.2 Å². The van der Waals surface area contributed by atoms with E-state index in [0.717, 1.165) is 37.1 Å². The second kappa shape index (κ2) is 6.57. The van der Waals surface area contributed by atoms with E-state index in [1.807, 2.05) is 35.2 Å². The quantitative estimate of drug-likeness (QED) is 0.734. The molecule has 0 radical (unpaired) electrons. The van der Waals surface area contributed by atoms with E-state index in [0.29, 0.717) is 6.04 Å². The van der Waals surface area contributed by atoms with Gasteiger partial charge < -0.3 is 4.90 Å². The maximum Gasteiger partial charge on any atom is 0.253 e. The largest absolute Gasteiger partial charge is 0.338 e. The molecule has 4 rings (SSSR count). The van der Waals surface area contributed by atoms with E-state index in [9.17, 15) is 4.79 Å². The molecule has 1 saturated heterocycles. The second-order valence-electron chi connectivity index (χ2n) is 5.93. The normalized spacial score (nSPS) is 15.6. The number of rotatable bonds is 3. The monoisotopic (exact) mass is 338 g/mol. The highest BCUT2D eigenvalue weighted by Crippen LogP contribution is 2.26. The first-order chi connectivity index (χ1) is 11.8. The third-order valence-corrected chi connectivity index (χ3v) is 5.37. The number of likely N-dealkylation sites (tertiary alicyclic amines) is 1. The van der Waals surface area contributed by atoms with Gasteiger partial charge in [0.05, 0.1) is 18.4 Å². The SMILES string of the molecule is O=C(c1ccc(-c2cccs2)cc1)N1CCC(n2nccn2)CC1. The Labute approximate surface area is 144 Å². The summed E-state index contributed by atoms with van der Waals surface area (Å²) in [5.74, 6) is 0.111. The zero-order valence-electron chi connectivity index (χ0n) is 13.2. The maximum atomic E-state index is 12.7. The number of hydrogen-bond donors (Lipinski definition) is 0. The molecule has 1 aliphatic rings. The lowest BCUT2D eigenvalue weighted by Crippen LogP contribution is -2.39. The van der Waals surface area contributed by atoms with Crippen LogP contribution in [-0.4, -0.2) is 38.9 Å². The number of amides is 1. The van der Waals surface area contributed by atoms with Crippen molar-refractivity contribution in [3.05, 3.63) is 59.7 Å². The Balaban J connectivity index is 1.41. The number of carbonyl (C=O) groups is 1. The van der Waals surface area contributed by atoms with Crippen molar-refractivity contribution in [1.82, 2.24) is 19.9 Å². The van der Waals surface area contributed by atoms with Crippen molar-refractivity contribution in [3.63, 3.8) is 0 Å². The summed E-state index contributed by atoms with van der Waals surface area (Å²) in [5.41, 5.74) is 1.91. The molecule has 24 heavy (non-hydrogen) atoms. The summed E-state index contributed by atoms with van der Waals surface area (Å²) in [6.07, 6.45) is 5.20. The van der Waals surface area contributed by atoms with Gasteiger partial charge >= 0.3 is 0 Å². The fourth-order valence-corrected chi connectivity index (χ4v) is 3.85. The van der Waals surface area contributed by atoms with Crippen molar-refractivity contribution in [3.8, 4) is 10.4 Å². The highest BCUT2D eigenvalue weighted by Gasteiger charge is 2.25. The molecular formula is C18H18N4OS. The molecule has 0 unspecified atom stereocenters. The predicted octanol–water partition coefficient (Wildman–Crippen LogP) is 3.48. The molecule has 5 nitrogen and oxygen atoms in total. The molecule has 3 heterocycles. The van der Waals surface area contributed by atoms with Crippen LogP contribution < -0.4 is 0 Å². The Hall–Kier alpha value is -2.47. The van der Waals surface area contributed by atoms with E-state index >= 15 is 0 Å². The fraction of sp³-hybridized carbons (Fsp3) is 0.278. The minimum Gasteiger partial charge on any atom is -0.338 e. The summed E-state index contributed by atoms with van der Waals surface area (Å²) in [6.45, 7) is 1.50. The summed E-state index contributed by atoms with van der Waals surface area (Å²) in [7, 11) is 0. The van der Waals surface area contributed by atoms with Gasteiger partial charge in [0.25, 0.3) is 5.91 Å². The average Bonchev–Trinajstić information content (AvgIpc) is 3.35. The number of aromatic nitrogens is 3. The summed E-state index contributed by atoms with van der Waals surface area (Å²) in [6, 6.07) is 12.3. The van der Waals surface area contributed by atoms with Gasteiger partial charge in [-0.05, 0) is 42.0 Å². The average molecular weight is 338 g/mol. The number of nitrogens with zero attached hydrogens (tertiary/aromatic N) is 4. The van der Waals surface area contributed by atoms with Crippen LogP contribution in [0.5, 0.6) is 0 Å². The number of thiophene rings is 1. The Kier molecular flexibility index (Phi) is 4.13. The van der Waals surface area contributed by atoms with Crippen LogP contribution in [-0.2, 0) is 0 Å². The van der Waals surface area contributed by atoms with Crippen molar-refractivity contribution in [1.29, 1.82) is 0 Å². The van der Waals surface area contributed by atoms with Crippen molar-refractivity contribution in [2.45, 2.75) is 18.9 Å². The molecule has 1 fully saturated rings. The summed E-state index contributed by atoms with van der Waals surface area (Å²) < 4.78 is 0. The Morgan fingerprint density at radius 1 is 1.04 bits per heavy atom. The third kappa shape index (κ3) is 2.97. The van der Waals surface area contributed by atoms with E-state index in [1.165, 1.54) is 4.88 Å². The van der Waals surface area contributed by atoms with Crippen molar-refractivity contribution in [2.75, 3.05) is 13.1 Å². The van der Waals surface area contributed by atoms with E-state index in [1.54, 1.807) is 28.5 Å². The Morgan fingerprint density at radius 3 is 2.38 bits per heavy atom. The molecule has 0 N–H and O–H groups in total. The lowest BCUT2D eigenvalue weighted by atomic mass is 10.0. The van der Waals surface area contributed by atoms with Gasteiger partial charge in [0.2, 0.25) is 0 Å². The molecule has 0 saturated carbocycles. The molecular weight excluding hydrogens is 320 g/mol. The van der Waals surface area contributed by atoms with E-state index in [-0.39, 0.29) is 5.91 Å². The molecule has 0 aliphatic carbocycles. The lowest BCUT2D eigenvalue weighted by Gasteiger charge is -2.31. The van der Waals surface area contributed by atoms with Crippen molar-refractivity contribution < 1.29 is 4.79 Å². The first kappa shape index (κ1) is 15.1. The molecule has 1 aromatic carbocycles. The molecule has 2 aromatic heterocycles. The van der Waals surface area contributed by atoms with Crippen LogP contribution in [0.2, 0.25) is 0 Å². The van der Waals surface area contributed by atoms with Gasteiger partial charge in [-0.3, -0.25) is 4.79 Å². The highest BCUT2D eigenvalue weighted by molar-refractivity contribution is 7.13. The second-order valence-corrected chi connectivity index (χ2v) is 6.88. The number of hydrogen-bond acceptors (Lipinski definition) is 4. The molecule has 0 spiro atoms. The number of carbonyl (C=O) groups excluding carboxylic acids is 1. The van der Waals surface area contributed by atoms with Crippen LogP contribution in [0.1, 0.15) is 29.2 Å². The Morgan fingerprint density at radius 2 is 1.75 bits per heavy atom. The first-order valence-electron chi connectivity index (χ1n) is 8.10. The van der Waals surface area contributed by atoms with Crippen LogP contribution in [0.3, 0.4) is 0 Å². The molecule has 6 heteroatoms. The Bertz CT molecular complexity index is 788. The summed E-state index contributed by atoms with van der Waals surface area (Å²) in [4.78, 5) is 17.6. The highest BCUT2D eigenvalue weighted by atomic mass is 32.1. The zero-order chi connectivity index (χ0) is 16.4. The molecule has 1 amide bonds. The topological polar surface area (TPSA) is 51.0 Å². The van der Waals surface area contributed by atoms with Gasteiger partial charge in [0.1, 0.15) is 0 Å². The lowest BCUT2D eigenvalue weighted by molar-refractivity contribution is 0.0684.